The Labute approximate surface area is 404 Å². The van der Waals surface area contributed by atoms with Gasteiger partial charge in [-0.05, 0) is 117 Å². The molecule has 0 aliphatic carbocycles. The quantitative estimate of drug-likeness (QED) is 0.0728. The molecule has 0 saturated carbocycles. The summed E-state index contributed by atoms with van der Waals surface area (Å²) >= 11 is 7.23. The van der Waals surface area contributed by atoms with Crippen molar-refractivity contribution in [2.24, 2.45) is 0 Å². The number of thioether (sulfide) groups is 1. The molecule has 0 amide bonds. The monoisotopic (exact) mass is 1020 g/mol. The molecule has 364 valence electrons. The van der Waals surface area contributed by atoms with Gasteiger partial charge in [-0.3, -0.25) is 14.5 Å². The smallest absolute Gasteiger partial charge is 0.380 e. The summed E-state index contributed by atoms with van der Waals surface area (Å²) in [6, 6.07) is 19.0. The van der Waals surface area contributed by atoms with Gasteiger partial charge in [0.05, 0.1) is 16.3 Å². The lowest BCUT2D eigenvalue weighted by Gasteiger charge is -2.40. The first kappa shape index (κ1) is 48.6. The Morgan fingerprint density at radius 3 is 2.34 bits per heavy atom. The number of sulfone groups is 1. The van der Waals surface area contributed by atoms with Crippen molar-refractivity contribution >= 4 is 54.7 Å². The third kappa shape index (κ3) is 11.9. The minimum atomic E-state index is -6.11. The van der Waals surface area contributed by atoms with E-state index in [0.29, 0.717) is 79.2 Å². The molecule has 21 heteroatoms. The Morgan fingerprint density at radius 2 is 1.62 bits per heavy atom. The van der Waals surface area contributed by atoms with Crippen molar-refractivity contribution in [2.45, 2.75) is 71.0 Å². The van der Waals surface area contributed by atoms with Crippen molar-refractivity contribution < 1.29 is 40.2 Å². The number of fused-ring (bicyclic) bond motifs is 1. The minimum Gasteiger partial charge on any atom is -0.380 e. The van der Waals surface area contributed by atoms with Crippen LogP contribution in [-0.2, 0) is 39.4 Å². The number of nitrogens with zero attached hydrogens (tertiary/aromatic N) is 6. The molecule has 3 aliphatic rings. The molecule has 1 aromatic heterocycles. The van der Waals surface area contributed by atoms with Gasteiger partial charge in [-0.2, -0.15) is 13.2 Å². The maximum Gasteiger partial charge on any atom is 0.501 e. The number of likely N-dealkylation sites (tertiary alicyclic amines) is 1. The normalized spacial score (nSPS) is 18.4. The first-order valence-corrected chi connectivity index (χ1v) is 26.5. The molecule has 1 unspecified atom stereocenters. The van der Waals surface area contributed by atoms with Gasteiger partial charge in [0.2, 0.25) is 0 Å². The van der Waals surface area contributed by atoms with Crippen LogP contribution in [-0.4, -0.2) is 129 Å². The predicted octanol–water partition coefficient (Wildman–Crippen LogP) is 8.40. The van der Waals surface area contributed by atoms with Gasteiger partial charge in [-0.1, -0.05) is 41.9 Å². The van der Waals surface area contributed by atoms with E-state index in [1.807, 2.05) is 24.1 Å². The fraction of sp³-hybridized carbons (Fsp3) is 0.404. The van der Waals surface area contributed by atoms with Gasteiger partial charge in [-0.15, -0.1) is 11.8 Å². The van der Waals surface area contributed by atoms with Crippen molar-refractivity contribution in [1.29, 1.82) is 0 Å². The number of sulfonamides is 1. The van der Waals surface area contributed by atoms with Gasteiger partial charge in [0.1, 0.15) is 28.7 Å². The van der Waals surface area contributed by atoms with Gasteiger partial charge in [0.15, 0.2) is 0 Å². The second kappa shape index (κ2) is 21.3. The zero-order valence-electron chi connectivity index (χ0n) is 38.2. The predicted molar refractivity (Wildman–Crippen MR) is 255 cm³/mol. The highest BCUT2D eigenvalue weighted by atomic mass is 35.5. The molecule has 12 nitrogen and oxygen atoms in total. The summed E-state index contributed by atoms with van der Waals surface area (Å²) in [6.45, 7) is 5.80. The Hall–Kier alpha value is -4.41. The van der Waals surface area contributed by atoms with Crippen molar-refractivity contribution in [3.05, 3.63) is 125 Å². The molecular formula is C47H52ClF5N8O4S3. The van der Waals surface area contributed by atoms with Crippen LogP contribution in [0.3, 0.4) is 0 Å². The maximum atomic E-state index is 14.6. The number of benzene rings is 4. The first-order chi connectivity index (χ1) is 32.8. The summed E-state index contributed by atoms with van der Waals surface area (Å²) < 4.78 is 138. The molecule has 1 atom stereocenters. The van der Waals surface area contributed by atoms with Crippen LogP contribution in [0, 0.1) is 11.6 Å². The Bertz CT molecular complexity index is 2860. The van der Waals surface area contributed by atoms with Crippen LogP contribution in [0.4, 0.5) is 33.5 Å². The van der Waals surface area contributed by atoms with Crippen molar-refractivity contribution in [3.63, 3.8) is 0 Å². The van der Waals surface area contributed by atoms with Crippen LogP contribution in [0.15, 0.2) is 106 Å². The minimum absolute atomic E-state index is 0.114. The zero-order chi connectivity index (χ0) is 49.1. The Kier molecular flexibility index (Phi) is 15.2. The third-order valence-corrected chi connectivity index (χ3v) is 16.9. The molecular weight excluding hydrogens is 967 g/mol. The number of hydrogen-bond donors (Lipinski definition) is 2. The van der Waals surface area contributed by atoms with Gasteiger partial charge in [0, 0.05) is 87.0 Å². The van der Waals surface area contributed by atoms with Crippen molar-refractivity contribution in [3.8, 4) is 11.1 Å². The van der Waals surface area contributed by atoms with Crippen LogP contribution in [0.5, 0.6) is 0 Å². The average Bonchev–Trinajstić information content (AvgIpc) is 3.31. The highest BCUT2D eigenvalue weighted by Gasteiger charge is 2.48. The van der Waals surface area contributed by atoms with E-state index in [2.05, 4.69) is 34.7 Å². The fourth-order valence-electron chi connectivity index (χ4n) is 8.74. The van der Waals surface area contributed by atoms with Crippen LogP contribution in [0.2, 0.25) is 5.02 Å². The van der Waals surface area contributed by atoms with E-state index in [9.17, 15) is 40.2 Å². The highest BCUT2D eigenvalue weighted by molar-refractivity contribution is 7.99. The Morgan fingerprint density at radius 1 is 0.882 bits per heavy atom. The second-order valence-corrected chi connectivity index (χ2v) is 22.3. The maximum absolute atomic E-state index is 14.6. The number of piperidine rings is 1. The van der Waals surface area contributed by atoms with E-state index in [4.69, 9.17) is 11.6 Å². The van der Waals surface area contributed by atoms with Crippen LogP contribution < -0.4 is 10.0 Å². The largest absolute Gasteiger partial charge is 0.501 e. The number of alkyl halides is 3. The molecule has 4 aromatic carbocycles. The fourth-order valence-corrected chi connectivity index (χ4v) is 12.0. The molecule has 2 fully saturated rings. The molecule has 2 saturated heterocycles. The molecule has 0 bridgehead atoms. The molecule has 0 spiro atoms. The molecule has 2 N–H and O–H groups in total. The summed E-state index contributed by atoms with van der Waals surface area (Å²) in [5.74, 6) is -0.787. The zero-order valence-corrected chi connectivity index (χ0v) is 40.4. The van der Waals surface area contributed by atoms with Crippen LogP contribution in [0.1, 0.15) is 37.5 Å². The van der Waals surface area contributed by atoms with E-state index in [-0.39, 0.29) is 30.4 Å². The topological polar surface area (TPSA) is 131 Å². The summed E-state index contributed by atoms with van der Waals surface area (Å²) in [4.78, 5) is 15.4. The lowest BCUT2D eigenvalue weighted by Crippen LogP contribution is -2.46. The molecule has 4 heterocycles. The molecule has 68 heavy (non-hydrogen) atoms. The number of nitrogens with one attached hydrogen (secondary N) is 2. The molecule has 0 radical (unpaired) electrons. The van der Waals surface area contributed by atoms with Gasteiger partial charge in [-0.25, -0.2) is 35.6 Å². The van der Waals surface area contributed by atoms with Crippen LogP contribution >= 0.6 is 23.4 Å². The van der Waals surface area contributed by atoms with Gasteiger partial charge < -0.3 is 15.1 Å². The Balaban J connectivity index is 0.972. The molecule has 8 rings (SSSR count). The van der Waals surface area contributed by atoms with Crippen molar-refractivity contribution in [1.82, 2.24) is 29.6 Å². The van der Waals surface area contributed by atoms with E-state index < -0.39 is 58.7 Å². The standard InChI is InChI=1S/C47H52ClF5N8O4S3/c1-58-22-24-59(25-23-58)18-14-36(30-66-44-5-3-2-4-41(44)50)56-42-13-11-38(27-45(42)67(62,63)47(51,52)53)68(64,65)57-46-40-17-21-61(29-43(40)54-31-55-46)37-15-19-60(20-16-37)28-33-26-35(49)10-12-39(33)32-6-8-34(48)9-7-32/h2-13,26-27,31,36-37,56H,14-25,28-30H2,1H3,(H,54,55,57)/i37D. The highest BCUT2D eigenvalue weighted by Crippen LogP contribution is 2.38. The van der Waals surface area contributed by atoms with E-state index in [1.165, 1.54) is 24.3 Å². The van der Waals surface area contributed by atoms with E-state index in [0.717, 1.165) is 73.1 Å². The number of aromatic nitrogens is 2. The number of rotatable bonds is 16. The summed E-state index contributed by atoms with van der Waals surface area (Å²) in [5, 5.41) is 3.55. The van der Waals surface area contributed by atoms with Gasteiger partial charge >= 0.3 is 5.51 Å². The SMILES string of the molecule is [2H]C1(N2CCc3c(ncnc3NS(=O)(=O)c3ccc(NC(CCN4CCN(C)CC4)CSc4ccccc4F)c(S(=O)(=O)C(F)(F)F)c3)C2)CCN(Cc2cc(F)ccc2-c2ccc(Cl)cc2)CC1. The molecule has 5 aromatic rings. The average molecular weight is 1020 g/mol. The third-order valence-electron chi connectivity index (χ3n) is 12.6. The number of likely N-dealkylation sites (N-methyl/N-ethyl adjacent to an activating group) is 1. The lowest BCUT2D eigenvalue weighted by atomic mass is 9.96. The summed E-state index contributed by atoms with van der Waals surface area (Å²) in [5.41, 5.74) is -2.71. The second-order valence-electron chi connectivity index (χ2n) is 17.2. The number of halogens is 6. The number of hydrogen-bond acceptors (Lipinski definition) is 12. The lowest BCUT2D eigenvalue weighted by molar-refractivity contribution is -0.0435. The van der Waals surface area contributed by atoms with E-state index >= 15 is 0 Å². The number of piperazine rings is 1. The molecule has 3 aliphatic heterocycles. The van der Waals surface area contributed by atoms with E-state index in [1.54, 1.807) is 30.3 Å². The number of anilines is 2. The summed E-state index contributed by atoms with van der Waals surface area (Å²) in [7, 11) is -8.85. The van der Waals surface area contributed by atoms with Crippen LogP contribution in [0.25, 0.3) is 11.1 Å². The first-order valence-electron chi connectivity index (χ1n) is 22.7. The van der Waals surface area contributed by atoms with Crippen molar-refractivity contribution in [2.75, 3.05) is 75.2 Å². The summed E-state index contributed by atoms with van der Waals surface area (Å²) in [6.07, 6.45) is 2.69. The van der Waals surface area contributed by atoms with Gasteiger partial charge in [0.25, 0.3) is 19.9 Å².